The van der Waals surface area contributed by atoms with Gasteiger partial charge in [0.1, 0.15) is 5.75 Å². The highest BCUT2D eigenvalue weighted by Crippen LogP contribution is 2.41. The number of phenolic OH excluding ortho intramolecular Hbond substituents is 1. The van der Waals surface area contributed by atoms with E-state index in [0.29, 0.717) is 10.9 Å². The molecule has 1 aliphatic carbocycles. The number of aryl methyl sites for hydroxylation is 1. The number of nitrogens with zero attached hydrogens (tertiary/aromatic N) is 3. The summed E-state index contributed by atoms with van der Waals surface area (Å²) in [6.07, 6.45) is 5.99. The van der Waals surface area contributed by atoms with Gasteiger partial charge in [-0.05, 0) is 93.6 Å². The largest absolute Gasteiger partial charge is 0.506 e. The number of benzene rings is 2. The molecule has 5 nitrogen and oxygen atoms in total. The van der Waals surface area contributed by atoms with E-state index in [9.17, 15) is 9.90 Å². The van der Waals surface area contributed by atoms with E-state index in [1.165, 1.54) is 0 Å². The Labute approximate surface area is 206 Å². The Morgan fingerprint density at radius 1 is 1.15 bits per heavy atom. The Morgan fingerprint density at radius 2 is 1.88 bits per heavy atom. The van der Waals surface area contributed by atoms with Crippen LogP contribution in [-0.4, -0.2) is 54.5 Å². The smallest absolute Gasteiger partial charge is 0.169 e. The van der Waals surface area contributed by atoms with Crippen LogP contribution >= 0.6 is 11.6 Å². The van der Waals surface area contributed by atoms with Crippen molar-refractivity contribution in [2.75, 3.05) is 38.6 Å². The first kappa shape index (κ1) is 23.1. The van der Waals surface area contributed by atoms with Crippen LogP contribution in [0.2, 0.25) is 5.02 Å². The molecule has 0 amide bonds. The highest BCUT2D eigenvalue weighted by atomic mass is 35.5. The first-order valence-electron chi connectivity index (χ1n) is 12.2. The number of carbonyl (C=O) groups is 1. The number of pyridine rings is 1. The number of anilines is 1. The molecule has 0 unspecified atom stereocenters. The summed E-state index contributed by atoms with van der Waals surface area (Å²) in [5.41, 5.74) is 5.62. The third kappa shape index (κ3) is 4.51. The van der Waals surface area contributed by atoms with Gasteiger partial charge in [0.2, 0.25) is 0 Å². The number of carbonyl (C=O) groups excluding carboxylic acids is 1. The molecular formula is C28H32ClN3O2. The summed E-state index contributed by atoms with van der Waals surface area (Å²) >= 11 is 6.25. The highest BCUT2D eigenvalue weighted by Gasteiger charge is 2.34. The maximum Gasteiger partial charge on any atom is 0.169 e. The number of aromatic hydroxyl groups is 1. The molecule has 1 N–H and O–H groups in total. The number of hydrogen-bond acceptors (Lipinski definition) is 5. The van der Waals surface area contributed by atoms with E-state index in [4.69, 9.17) is 16.6 Å². The van der Waals surface area contributed by atoms with Crippen LogP contribution in [0.3, 0.4) is 0 Å². The number of halogens is 1. The topological polar surface area (TPSA) is 56.7 Å². The fraction of sp³-hybridized carbons (Fsp3) is 0.429. The summed E-state index contributed by atoms with van der Waals surface area (Å²) in [7, 11) is 4.27. The number of rotatable bonds is 6. The molecule has 1 aromatic heterocycles. The molecule has 2 aromatic carbocycles. The number of fused-ring (bicyclic) bond motifs is 1. The zero-order chi connectivity index (χ0) is 24.0. The van der Waals surface area contributed by atoms with Crippen LogP contribution in [0.15, 0.2) is 36.5 Å². The molecule has 2 heterocycles. The van der Waals surface area contributed by atoms with E-state index in [1.54, 1.807) is 12.3 Å². The molecule has 0 spiro atoms. The van der Waals surface area contributed by atoms with Crippen molar-refractivity contribution in [3.8, 4) is 16.9 Å². The van der Waals surface area contributed by atoms with Gasteiger partial charge in [0.05, 0.1) is 21.8 Å². The van der Waals surface area contributed by atoms with Gasteiger partial charge in [0, 0.05) is 37.1 Å². The summed E-state index contributed by atoms with van der Waals surface area (Å²) in [4.78, 5) is 22.7. The first-order valence-corrected chi connectivity index (χ1v) is 12.6. The summed E-state index contributed by atoms with van der Waals surface area (Å²) < 4.78 is 0. The van der Waals surface area contributed by atoms with E-state index in [-0.39, 0.29) is 17.5 Å². The van der Waals surface area contributed by atoms with Crippen molar-refractivity contribution >= 4 is 34.0 Å². The fourth-order valence-electron chi connectivity index (χ4n) is 5.27. The minimum atomic E-state index is 0.0870. The van der Waals surface area contributed by atoms with Crippen LogP contribution in [0.4, 0.5) is 5.69 Å². The van der Waals surface area contributed by atoms with Gasteiger partial charge < -0.3 is 14.9 Å². The van der Waals surface area contributed by atoms with Gasteiger partial charge in [-0.1, -0.05) is 17.7 Å². The number of piperidine rings is 1. The summed E-state index contributed by atoms with van der Waals surface area (Å²) in [5, 5.41) is 11.3. The molecular weight excluding hydrogens is 446 g/mol. The minimum Gasteiger partial charge on any atom is -0.506 e. The van der Waals surface area contributed by atoms with Gasteiger partial charge in [-0.25, -0.2) is 0 Å². The fourth-order valence-corrected chi connectivity index (χ4v) is 5.43. The zero-order valence-corrected chi connectivity index (χ0v) is 20.9. The lowest BCUT2D eigenvalue weighted by Crippen LogP contribution is -2.38. The number of ketones is 1. The molecule has 0 atom stereocenters. The lowest BCUT2D eigenvalue weighted by molar-refractivity contribution is 0.0968. The van der Waals surface area contributed by atoms with E-state index in [2.05, 4.69) is 30.0 Å². The SMILES string of the molecule is Cc1cc(O)c(Cl)cc1-c1ccc2ncc(C(=O)C3CC3)c(N3CCC(CN(C)C)CC3)c2c1. The second-order valence-corrected chi connectivity index (χ2v) is 10.6. The second kappa shape index (κ2) is 9.20. The number of aromatic nitrogens is 1. The quantitative estimate of drug-likeness (QED) is 0.445. The van der Waals surface area contributed by atoms with E-state index in [0.717, 1.165) is 84.2 Å². The summed E-state index contributed by atoms with van der Waals surface area (Å²) in [6.45, 7) is 4.95. The Hall–Kier alpha value is -2.63. The molecule has 1 saturated carbocycles. The van der Waals surface area contributed by atoms with Crippen LogP contribution in [0.1, 0.15) is 41.6 Å². The molecule has 5 rings (SSSR count). The molecule has 1 aliphatic heterocycles. The standard InChI is InChI=1S/C28H32ClN3O2/c1-17-12-26(33)24(29)14-21(17)20-6-7-25-22(13-20)27(23(15-30-25)28(34)19-4-5-19)32-10-8-18(9-11-32)16-31(2)3/h6-7,12-15,18-19,33H,4-5,8-11,16H2,1-3H3. The van der Waals surface area contributed by atoms with E-state index < -0.39 is 0 Å². The van der Waals surface area contributed by atoms with Gasteiger partial charge in [0.15, 0.2) is 5.78 Å². The van der Waals surface area contributed by atoms with Crippen molar-refractivity contribution in [2.24, 2.45) is 11.8 Å². The van der Waals surface area contributed by atoms with Crippen LogP contribution < -0.4 is 4.90 Å². The summed E-state index contributed by atoms with van der Waals surface area (Å²) in [6, 6.07) is 9.72. The predicted octanol–water partition coefficient (Wildman–Crippen LogP) is 5.94. The lowest BCUT2D eigenvalue weighted by Gasteiger charge is -2.36. The van der Waals surface area contributed by atoms with Crippen LogP contribution in [-0.2, 0) is 0 Å². The lowest BCUT2D eigenvalue weighted by atomic mass is 9.93. The maximum absolute atomic E-state index is 13.3. The Morgan fingerprint density at radius 3 is 2.56 bits per heavy atom. The second-order valence-electron chi connectivity index (χ2n) is 10.2. The van der Waals surface area contributed by atoms with Crippen molar-refractivity contribution in [3.63, 3.8) is 0 Å². The van der Waals surface area contributed by atoms with Gasteiger partial charge in [0.25, 0.3) is 0 Å². The average molecular weight is 478 g/mol. The zero-order valence-electron chi connectivity index (χ0n) is 20.1. The third-order valence-electron chi connectivity index (χ3n) is 7.21. The highest BCUT2D eigenvalue weighted by molar-refractivity contribution is 6.32. The normalized spacial score (nSPS) is 17.0. The van der Waals surface area contributed by atoms with Gasteiger partial charge in [-0.2, -0.15) is 0 Å². The predicted molar refractivity (Wildman–Crippen MR) is 139 cm³/mol. The van der Waals surface area contributed by atoms with Crippen LogP contribution in [0, 0.1) is 18.8 Å². The average Bonchev–Trinajstić information content (AvgIpc) is 3.66. The van der Waals surface area contributed by atoms with Crippen molar-refractivity contribution in [3.05, 3.63) is 52.7 Å². The molecule has 34 heavy (non-hydrogen) atoms. The summed E-state index contributed by atoms with van der Waals surface area (Å²) in [5.74, 6) is 1.14. The monoisotopic (exact) mass is 477 g/mol. The third-order valence-corrected chi connectivity index (χ3v) is 7.51. The molecule has 178 valence electrons. The number of phenols is 1. The van der Waals surface area contributed by atoms with Crippen molar-refractivity contribution < 1.29 is 9.90 Å². The van der Waals surface area contributed by atoms with Gasteiger partial charge >= 0.3 is 0 Å². The van der Waals surface area contributed by atoms with Crippen LogP contribution in [0.5, 0.6) is 5.75 Å². The Kier molecular flexibility index (Phi) is 6.26. The van der Waals surface area contributed by atoms with E-state index in [1.807, 2.05) is 25.1 Å². The number of Topliss-reactive ketones (excluding diaryl/α,β-unsaturated/α-hetero) is 1. The molecule has 0 radical (unpaired) electrons. The molecule has 0 bridgehead atoms. The molecule has 2 fully saturated rings. The van der Waals surface area contributed by atoms with Crippen molar-refractivity contribution in [2.45, 2.75) is 32.6 Å². The molecule has 6 heteroatoms. The van der Waals surface area contributed by atoms with Crippen molar-refractivity contribution in [1.29, 1.82) is 0 Å². The Bertz CT molecular complexity index is 1240. The molecule has 3 aromatic rings. The van der Waals surface area contributed by atoms with Crippen molar-refractivity contribution in [1.82, 2.24) is 9.88 Å². The minimum absolute atomic E-state index is 0.0870. The molecule has 1 saturated heterocycles. The van der Waals surface area contributed by atoms with Gasteiger partial charge in [-0.15, -0.1) is 0 Å². The van der Waals surface area contributed by atoms with Gasteiger partial charge in [-0.3, -0.25) is 9.78 Å². The van der Waals surface area contributed by atoms with E-state index >= 15 is 0 Å². The van der Waals surface area contributed by atoms with Crippen LogP contribution in [0.25, 0.3) is 22.0 Å². The maximum atomic E-state index is 13.3. The Balaban J connectivity index is 1.60. The molecule has 2 aliphatic rings. The number of hydrogen-bond donors (Lipinski definition) is 1. The first-order chi connectivity index (χ1) is 16.3.